The smallest absolute Gasteiger partial charge is 0.312 e. The highest BCUT2D eigenvalue weighted by Crippen LogP contribution is 2.75. The second-order valence-corrected chi connectivity index (χ2v) is 18.0. The van der Waals surface area contributed by atoms with Crippen molar-refractivity contribution in [3.05, 3.63) is 11.6 Å². The maximum Gasteiger partial charge on any atom is 0.312 e. The number of methoxy groups -OCH3 is 1. The number of ketones is 1. The van der Waals surface area contributed by atoms with Crippen LogP contribution in [0.15, 0.2) is 11.6 Å². The van der Waals surface area contributed by atoms with Crippen LogP contribution in [0.25, 0.3) is 0 Å². The van der Waals surface area contributed by atoms with Crippen molar-refractivity contribution in [1.82, 2.24) is 10.2 Å². The average molecular weight is 625 g/mol. The molecule has 1 saturated heterocycles. The number of carbonyl (C=O) groups is 3. The summed E-state index contributed by atoms with van der Waals surface area (Å²) in [5, 5.41) is 3.18. The number of nitrogens with zero attached hydrogens (tertiary/aromatic N) is 1. The summed E-state index contributed by atoms with van der Waals surface area (Å²) in [5.74, 6) is 0.254. The summed E-state index contributed by atoms with van der Waals surface area (Å²) >= 11 is 0. The maximum absolute atomic E-state index is 14.1. The fraction of sp³-hybridized carbons (Fsp3) is 0.868. The van der Waals surface area contributed by atoms with Gasteiger partial charge in [0, 0.05) is 31.6 Å². The van der Waals surface area contributed by atoms with E-state index in [-0.39, 0.29) is 51.2 Å². The Morgan fingerprint density at radius 2 is 1.64 bits per heavy atom. The SMILES string of the molecule is COC(=O)[C@]12CCC(C)(C)CC1C1=CCC3[C@@]4(C)CC(C(=O)NCCN5CCOCC5)C(=O)C(C)(C)C4CC[C@@]3(C)[C@]1(C)CC2. The second-order valence-electron chi connectivity index (χ2n) is 18.0. The van der Waals surface area contributed by atoms with Crippen molar-refractivity contribution in [2.45, 2.75) is 106 Å². The standard InChI is InChI=1S/C38H60N2O5/c1-33(2)13-15-38(32(43)44-8)16-14-36(6)26(27(38)24-33)9-10-29-35(5)23-25(31(42)39-17-18-40-19-21-45-22-20-40)30(41)34(3,4)28(35)11-12-37(29,36)7/h9,25,27-29H,10-24H2,1-8H3,(H,39,42)/t25?,27?,28?,29?,35-,36+,37+,38-/m0/s1. The molecule has 0 aromatic heterocycles. The molecule has 5 aliphatic carbocycles. The van der Waals surface area contributed by atoms with E-state index < -0.39 is 16.7 Å². The lowest BCUT2D eigenvalue weighted by atomic mass is 9.33. The van der Waals surface area contributed by atoms with Crippen molar-refractivity contribution in [2.24, 2.45) is 56.2 Å². The number of ether oxygens (including phenoxy) is 2. The van der Waals surface area contributed by atoms with Crippen molar-refractivity contribution in [2.75, 3.05) is 46.5 Å². The fourth-order valence-electron chi connectivity index (χ4n) is 12.3. The Labute approximate surface area is 272 Å². The predicted molar refractivity (Wildman–Crippen MR) is 175 cm³/mol. The highest BCUT2D eigenvalue weighted by molar-refractivity contribution is 6.04. The molecule has 0 bridgehead atoms. The molecule has 1 N–H and O–H groups in total. The summed E-state index contributed by atoms with van der Waals surface area (Å²) in [7, 11) is 1.57. The first kappa shape index (κ1) is 33.2. The molecule has 7 heteroatoms. The number of hydrogen-bond donors (Lipinski definition) is 1. The molecule has 6 rings (SSSR count). The first-order valence-electron chi connectivity index (χ1n) is 18.0. The Hall–Kier alpha value is -1.73. The van der Waals surface area contributed by atoms with Crippen LogP contribution in [0.1, 0.15) is 106 Å². The molecule has 4 unspecified atom stereocenters. The number of fused-ring (bicyclic) bond motifs is 7. The van der Waals surface area contributed by atoms with Crippen LogP contribution in [-0.2, 0) is 23.9 Å². The van der Waals surface area contributed by atoms with E-state index in [0.717, 1.165) is 84.2 Å². The van der Waals surface area contributed by atoms with Crippen molar-refractivity contribution in [1.29, 1.82) is 0 Å². The van der Waals surface area contributed by atoms with Crippen LogP contribution in [0.3, 0.4) is 0 Å². The molecule has 252 valence electrons. The minimum atomic E-state index is -0.607. The molecule has 45 heavy (non-hydrogen) atoms. The quantitative estimate of drug-likeness (QED) is 0.223. The molecule has 0 spiro atoms. The minimum absolute atomic E-state index is 0.0103. The molecule has 0 aromatic rings. The van der Waals surface area contributed by atoms with Gasteiger partial charge in [-0.05, 0) is 97.2 Å². The zero-order valence-electron chi connectivity index (χ0n) is 29.5. The lowest BCUT2D eigenvalue weighted by Crippen LogP contribution is -2.66. The number of esters is 1. The van der Waals surface area contributed by atoms with E-state index in [1.807, 2.05) is 0 Å². The number of carbonyl (C=O) groups excluding carboxylic acids is 3. The van der Waals surface area contributed by atoms with E-state index in [9.17, 15) is 14.4 Å². The van der Waals surface area contributed by atoms with Gasteiger partial charge in [0.15, 0.2) is 5.78 Å². The van der Waals surface area contributed by atoms with Crippen molar-refractivity contribution < 1.29 is 23.9 Å². The highest BCUT2D eigenvalue weighted by atomic mass is 16.5. The normalized spacial score (nSPS) is 43.9. The summed E-state index contributed by atoms with van der Waals surface area (Å²) in [4.78, 5) is 43.8. The maximum atomic E-state index is 14.1. The Morgan fingerprint density at radius 3 is 2.33 bits per heavy atom. The molecule has 4 saturated carbocycles. The topological polar surface area (TPSA) is 84.9 Å². The van der Waals surface area contributed by atoms with Crippen LogP contribution >= 0.6 is 0 Å². The van der Waals surface area contributed by atoms with Crippen LogP contribution in [-0.4, -0.2) is 69.1 Å². The van der Waals surface area contributed by atoms with Gasteiger partial charge < -0.3 is 14.8 Å². The average Bonchev–Trinajstić information content (AvgIpc) is 2.99. The van der Waals surface area contributed by atoms with E-state index in [1.165, 1.54) is 5.57 Å². The first-order valence-corrected chi connectivity index (χ1v) is 18.0. The molecule has 0 radical (unpaired) electrons. The Balaban J connectivity index is 1.31. The van der Waals surface area contributed by atoms with E-state index in [0.29, 0.717) is 18.9 Å². The predicted octanol–water partition coefficient (Wildman–Crippen LogP) is 6.20. The van der Waals surface area contributed by atoms with Gasteiger partial charge in [-0.25, -0.2) is 0 Å². The van der Waals surface area contributed by atoms with Crippen LogP contribution < -0.4 is 5.32 Å². The van der Waals surface area contributed by atoms with Gasteiger partial charge in [-0.3, -0.25) is 19.3 Å². The van der Waals surface area contributed by atoms with Crippen LogP contribution in [0, 0.1) is 56.2 Å². The molecule has 0 aromatic carbocycles. The monoisotopic (exact) mass is 624 g/mol. The highest BCUT2D eigenvalue weighted by Gasteiger charge is 2.70. The zero-order valence-corrected chi connectivity index (χ0v) is 29.5. The number of Topliss-reactive ketones (excluding diaryl/α,β-unsaturated/α-hetero) is 1. The van der Waals surface area contributed by atoms with Gasteiger partial charge in [0.2, 0.25) is 5.91 Å². The molecule has 1 heterocycles. The van der Waals surface area contributed by atoms with Crippen molar-refractivity contribution in [3.63, 3.8) is 0 Å². The van der Waals surface area contributed by atoms with E-state index in [4.69, 9.17) is 9.47 Å². The van der Waals surface area contributed by atoms with Crippen LogP contribution in [0.2, 0.25) is 0 Å². The van der Waals surface area contributed by atoms with Gasteiger partial charge in [0.1, 0.15) is 0 Å². The third-order valence-corrected chi connectivity index (χ3v) is 15.1. The minimum Gasteiger partial charge on any atom is -0.469 e. The van der Waals surface area contributed by atoms with Crippen molar-refractivity contribution in [3.8, 4) is 0 Å². The summed E-state index contributed by atoms with van der Waals surface area (Å²) < 4.78 is 11.0. The lowest BCUT2D eigenvalue weighted by molar-refractivity contribution is -0.196. The van der Waals surface area contributed by atoms with Gasteiger partial charge >= 0.3 is 5.97 Å². The fourth-order valence-corrected chi connectivity index (χ4v) is 12.3. The largest absolute Gasteiger partial charge is 0.469 e. The van der Waals surface area contributed by atoms with Crippen LogP contribution in [0.5, 0.6) is 0 Å². The summed E-state index contributed by atoms with van der Waals surface area (Å²) in [6, 6.07) is 0. The van der Waals surface area contributed by atoms with Crippen LogP contribution in [0.4, 0.5) is 0 Å². The van der Waals surface area contributed by atoms with Gasteiger partial charge in [-0.15, -0.1) is 0 Å². The molecule has 1 aliphatic heterocycles. The Bertz CT molecular complexity index is 1250. The number of nitrogens with one attached hydrogen (secondary N) is 1. The van der Waals surface area contributed by atoms with Gasteiger partial charge in [-0.2, -0.15) is 0 Å². The number of hydrogen-bond acceptors (Lipinski definition) is 6. The summed E-state index contributed by atoms with van der Waals surface area (Å²) in [5.41, 5.74) is 0.607. The number of morpholine rings is 1. The molecule has 7 nitrogen and oxygen atoms in total. The van der Waals surface area contributed by atoms with Gasteiger partial charge in [0.05, 0.1) is 31.7 Å². The van der Waals surface area contributed by atoms with Crippen molar-refractivity contribution >= 4 is 17.7 Å². The molecule has 6 aliphatic rings. The van der Waals surface area contributed by atoms with E-state index in [2.05, 4.69) is 64.8 Å². The zero-order chi connectivity index (χ0) is 32.6. The molecule has 5 fully saturated rings. The number of rotatable bonds is 5. The molecular formula is C38H60N2O5. The first-order chi connectivity index (χ1) is 21.1. The van der Waals surface area contributed by atoms with E-state index >= 15 is 0 Å². The number of allylic oxidation sites excluding steroid dienone is 2. The lowest BCUT2D eigenvalue weighted by Gasteiger charge is -2.71. The van der Waals surface area contributed by atoms with E-state index in [1.54, 1.807) is 7.11 Å². The molecule has 8 atom stereocenters. The third kappa shape index (κ3) is 4.90. The Kier molecular flexibility index (Phi) is 8.24. The Morgan fingerprint density at radius 1 is 0.956 bits per heavy atom. The molecular weight excluding hydrogens is 564 g/mol. The molecule has 1 amide bonds. The summed E-state index contributed by atoms with van der Waals surface area (Å²) in [6.07, 6.45) is 11.1. The second kappa shape index (κ2) is 11.2. The van der Waals surface area contributed by atoms with Gasteiger partial charge in [0.25, 0.3) is 0 Å². The summed E-state index contributed by atoms with van der Waals surface area (Å²) in [6.45, 7) is 21.0. The van der Waals surface area contributed by atoms with Gasteiger partial charge in [-0.1, -0.05) is 60.1 Å². The number of amides is 1. The third-order valence-electron chi connectivity index (χ3n) is 15.1.